The molecule has 0 aliphatic carbocycles. The summed E-state index contributed by atoms with van der Waals surface area (Å²) in [7, 11) is 0. The summed E-state index contributed by atoms with van der Waals surface area (Å²) in [6.07, 6.45) is 1.82. The molecule has 2 aromatic rings. The maximum atomic E-state index is 10.8. The summed E-state index contributed by atoms with van der Waals surface area (Å²) in [5, 5.41) is 14.9. The van der Waals surface area contributed by atoms with Crippen LogP contribution in [0.2, 0.25) is 0 Å². The summed E-state index contributed by atoms with van der Waals surface area (Å²) in [4.78, 5) is 15.8. The molecular weight excluding hydrogens is 250 g/mol. The molecule has 0 aliphatic rings. The minimum absolute atomic E-state index is 0.104. The van der Waals surface area contributed by atoms with E-state index in [-0.39, 0.29) is 10.6 Å². The van der Waals surface area contributed by atoms with Crippen molar-refractivity contribution < 1.29 is 4.92 Å². The molecule has 6 heteroatoms. The van der Waals surface area contributed by atoms with E-state index >= 15 is 0 Å². The van der Waals surface area contributed by atoms with Gasteiger partial charge in [-0.1, -0.05) is 0 Å². The van der Waals surface area contributed by atoms with Crippen molar-refractivity contribution in [1.29, 1.82) is 0 Å². The molecule has 0 aliphatic heterocycles. The van der Waals surface area contributed by atoms with E-state index in [1.54, 1.807) is 17.4 Å². The van der Waals surface area contributed by atoms with Gasteiger partial charge in [0.15, 0.2) is 0 Å². The molecule has 5 nitrogen and oxygen atoms in total. The van der Waals surface area contributed by atoms with Gasteiger partial charge in [-0.05, 0) is 25.5 Å². The van der Waals surface area contributed by atoms with Crippen molar-refractivity contribution in [2.75, 3.05) is 5.32 Å². The molecule has 0 amide bonds. The van der Waals surface area contributed by atoms with Crippen LogP contribution in [-0.4, -0.2) is 9.91 Å². The highest BCUT2D eigenvalue weighted by Crippen LogP contribution is 2.21. The van der Waals surface area contributed by atoms with E-state index in [0.29, 0.717) is 6.54 Å². The lowest BCUT2D eigenvalue weighted by atomic mass is 10.2. The van der Waals surface area contributed by atoms with Crippen LogP contribution in [0.5, 0.6) is 0 Å². The Morgan fingerprint density at radius 2 is 2.17 bits per heavy atom. The molecular formula is C12H13N3O2S. The third-order valence-corrected chi connectivity index (χ3v) is 3.30. The van der Waals surface area contributed by atoms with Crippen molar-refractivity contribution in [3.8, 4) is 0 Å². The Balaban J connectivity index is 2.11. The Hall–Kier alpha value is -1.95. The van der Waals surface area contributed by atoms with E-state index in [4.69, 9.17) is 0 Å². The van der Waals surface area contributed by atoms with Gasteiger partial charge >= 0.3 is 0 Å². The number of aromatic nitrogens is 1. The number of nitrogens with zero attached hydrogens (tertiary/aromatic N) is 2. The zero-order valence-electron chi connectivity index (χ0n) is 10.1. The smallest absolute Gasteiger partial charge is 0.271 e. The van der Waals surface area contributed by atoms with Crippen LogP contribution in [-0.2, 0) is 6.54 Å². The zero-order valence-corrected chi connectivity index (χ0v) is 11.0. The Morgan fingerprint density at radius 1 is 1.39 bits per heavy atom. The maximum absolute atomic E-state index is 10.8. The Labute approximate surface area is 109 Å². The van der Waals surface area contributed by atoms with E-state index in [1.807, 2.05) is 26.1 Å². The second kappa shape index (κ2) is 5.14. The van der Waals surface area contributed by atoms with Crippen molar-refractivity contribution in [2.45, 2.75) is 20.4 Å². The number of nitrogens with one attached hydrogen (secondary N) is 1. The molecule has 1 aromatic heterocycles. The number of thiazole rings is 1. The monoisotopic (exact) mass is 263 g/mol. The van der Waals surface area contributed by atoms with Crippen LogP contribution in [0.4, 0.5) is 11.4 Å². The average molecular weight is 263 g/mol. The van der Waals surface area contributed by atoms with E-state index < -0.39 is 0 Å². The summed E-state index contributed by atoms with van der Waals surface area (Å²) < 4.78 is 0. The summed E-state index contributed by atoms with van der Waals surface area (Å²) in [5.74, 6) is 0. The number of aryl methyl sites for hydroxylation is 2. The molecule has 0 spiro atoms. The number of benzene rings is 1. The standard InChI is InChI=1S/C12H13N3O2S/c1-8-3-10(5-11(4-8)15(16)17)13-7-12-14-6-9(2)18-12/h3-6,13H,7H2,1-2H3. The Bertz CT molecular complexity index is 580. The van der Waals surface area contributed by atoms with Gasteiger partial charge in [0.05, 0.1) is 11.5 Å². The first-order valence-electron chi connectivity index (χ1n) is 5.46. The SMILES string of the molecule is Cc1cc(NCc2ncc(C)s2)cc([N+](=O)[O-])c1. The van der Waals surface area contributed by atoms with Crippen molar-refractivity contribution in [3.63, 3.8) is 0 Å². The summed E-state index contributed by atoms with van der Waals surface area (Å²) >= 11 is 1.61. The van der Waals surface area contributed by atoms with Crippen LogP contribution in [0.3, 0.4) is 0 Å². The summed E-state index contributed by atoms with van der Waals surface area (Å²) in [6, 6.07) is 4.97. The minimum Gasteiger partial charge on any atom is -0.378 e. The van der Waals surface area contributed by atoms with Crippen molar-refractivity contribution in [1.82, 2.24) is 4.98 Å². The van der Waals surface area contributed by atoms with Gasteiger partial charge in [-0.25, -0.2) is 4.98 Å². The highest BCUT2D eigenvalue weighted by Gasteiger charge is 2.08. The Morgan fingerprint density at radius 3 is 2.78 bits per heavy atom. The molecule has 1 N–H and O–H groups in total. The highest BCUT2D eigenvalue weighted by atomic mass is 32.1. The van der Waals surface area contributed by atoms with Gasteiger partial charge in [0, 0.05) is 28.9 Å². The van der Waals surface area contributed by atoms with Crippen molar-refractivity contribution >= 4 is 22.7 Å². The predicted molar refractivity (Wildman–Crippen MR) is 72.0 cm³/mol. The van der Waals surface area contributed by atoms with Crippen LogP contribution < -0.4 is 5.32 Å². The Kier molecular flexibility index (Phi) is 3.57. The number of anilines is 1. The van der Waals surface area contributed by atoms with Gasteiger partial charge in [0.1, 0.15) is 5.01 Å². The molecule has 0 fully saturated rings. The fourth-order valence-electron chi connectivity index (χ4n) is 1.63. The van der Waals surface area contributed by atoms with Crippen molar-refractivity contribution in [3.05, 3.63) is 50.0 Å². The molecule has 1 heterocycles. The second-order valence-corrected chi connectivity index (χ2v) is 5.35. The number of nitro groups is 1. The van der Waals surface area contributed by atoms with Crippen LogP contribution in [0.15, 0.2) is 24.4 Å². The topological polar surface area (TPSA) is 68.1 Å². The molecule has 0 unspecified atom stereocenters. The molecule has 0 radical (unpaired) electrons. The second-order valence-electron chi connectivity index (χ2n) is 4.03. The summed E-state index contributed by atoms with van der Waals surface area (Å²) in [5.41, 5.74) is 1.71. The van der Waals surface area contributed by atoms with Gasteiger partial charge in [0.2, 0.25) is 0 Å². The van der Waals surface area contributed by atoms with Crippen LogP contribution in [0.1, 0.15) is 15.4 Å². The molecule has 94 valence electrons. The molecule has 18 heavy (non-hydrogen) atoms. The molecule has 1 aromatic carbocycles. The van der Waals surface area contributed by atoms with E-state index in [2.05, 4.69) is 10.3 Å². The van der Waals surface area contributed by atoms with Crippen molar-refractivity contribution in [2.24, 2.45) is 0 Å². The first kappa shape index (κ1) is 12.5. The minimum atomic E-state index is -0.383. The quantitative estimate of drug-likeness (QED) is 0.679. The fraction of sp³-hybridized carbons (Fsp3) is 0.250. The number of rotatable bonds is 4. The zero-order chi connectivity index (χ0) is 13.1. The first-order chi connectivity index (χ1) is 8.54. The summed E-state index contributed by atoms with van der Waals surface area (Å²) in [6.45, 7) is 4.42. The third kappa shape index (κ3) is 3.04. The van der Waals surface area contributed by atoms with Gasteiger partial charge in [-0.15, -0.1) is 11.3 Å². The first-order valence-corrected chi connectivity index (χ1v) is 6.27. The lowest BCUT2D eigenvalue weighted by molar-refractivity contribution is -0.384. The van der Waals surface area contributed by atoms with Crippen LogP contribution >= 0.6 is 11.3 Å². The lowest BCUT2D eigenvalue weighted by Crippen LogP contribution is -2.00. The molecule has 0 saturated carbocycles. The molecule has 0 saturated heterocycles. The van der Waals surface area contributed by atoms with Gasteiger partial charge in [-0.2, -0.15) is 0 Å². The predicted octanol–water partition coefficient (Wildman–Crippen LogP) is 3.28. The lowest BCUT2D eigenvalue weighted by Gasteiger charge is -2.05. The van der Waals surface area contributed by atoms with Crippen LogP contribution in [0.25, 0.3) is 0 Å². The number of nitro benzene ring substituents is 1. The fourth-order valence-corrected chi connectivity index (χ4v) is 2.36. The van der Waals surface area contributed by atoms with Gasteiger partial charge < -0.3 is 5.32 Å². The van der Waals surface area contributed by atoms with Gasteiger partial charge in [0.25, 0.3) is 5.69 Å². The average Bonchev–Trinajstić information content (AvgIpc) is 2.72. The van der Waals surface area contributed by atoms with E-state index in [1.165, 1.54) is 6.07 Å². The number of non-ortho nitro benzene ring substituents is 1. The highest BCUT2D eigenvalue weighted by molar-refractivity contribution is 7.11. The van der Waals surface area contributed by atoms with Crippen LogP contribution in [0, 0.1) is 24.0 Å². The molecule has 0 bridgehead atoms. The van der Waals surface area contributed by atoms with E-state index in [9.17, 15) is 10.1 Å². The number of hydrogen-bond acceptors (Lipinski definition) is 5. The van der Waals surface area contributed by atoms with E-state index in [0.717, 1.165) is 21.1 Å². The van der Waals surface area contributed by atoms with Gasteiger partial charge in [-0.3, -0.25) is 10.1 Å². The normalized spacial score (nSPS) is 10.3. The number of hydrogen-bond donors (Lipinski definition) is 1. The molecule has 0 atom stereocenters. The largest absolute Gasteiger partial charge is 0.378 e. The third-order valence-electron chi connectivity index (χ3n) is 2.39. The molecule has 2 rings (SSSR count). The maximum Gasteiger partial charge on any atom is 0.271 e.